The van der Waals surface area contributed by atoms with E-state index in [1.807, 2.05) is 30.0 Å². The van der Waals surface area contributed by atoms with E-state index >= 15 is 0 Å². The number of nitrogens with one attached hydrogen (secondary N) is 2. The summed E-state index contributed by atoms with van der Waals surface area (Å²) in [5.74, 6) is 0.937. The quantitative estimate of drug-likeness (QED) is 0.478. The Morgan fingerprint density at radius 2 is 2.00 bits per heavy atom. The standard InChI is InChI=1S/C24H31FN4O2/c1-3-26-24(27-15-19-9-10-22(31-2)21(25)13-19)28-16-20-14-23(30)29(17-20)12-11-18-7-5-4-6-8-18/h4-10,13,20H,3,11-12,14-17H2,1-2H3,(H2,26,27,28). The van der Waals surface area contributed by atoms with Crippen LogP contribution in [-0.2, 0) is 17.8 Å². The van der Waals surface area contributed by atoms with Crippen molar-refractivity contribution in [3.8, 4) is 5.75 Å². The van der Waals surface area contributed by atoms with Crippen molar-refractivity contribution in [3.05, 3.63) is 65.5 Å². The molecule has 0 bridgehead atoms. The third-order valence-corrected chi connectivity index (χ3v) is 5.35. The van der Waals surface area contributed by atoms with Gasteiger partial charge in [-0.3, -0.25) is 4.79 Å². The average molecular weight is 427 g/mol. The molecule has 0 spiro atoms. The Kier molecular flexibility index (Phi) is 8.27. The monoisotopic (exact) mass is 426 g/mol. The van der Waals surface area contributed by atoms with Crippen LogP contribution in [-0.4, -0.2) is 50.1 Å². The molecule has 1 atom stereocenters. The minimum Gasteiger partial charge on any atom is -0.494 e. The van der Waals surface area contributed by atoms with Gasteiger partial charge in [0.2, 0.25) is 5.91 Å². The summed E-state index contributed by atoms with van der Waals surface area (Å²) in [5.41, 5.74) is 2.01. The molecule has 2 N–H and O–H groups in total. The first-order valence-corrected chi connectivity index (χ1v) is 10.7. The van der Waals surface area contributed by atoms with Crippen LogP contribution in [0.3, 0.4) is 0 Å². The van der Waals surface area contributed by atoms with E-state index in [-0.39, 0.29) is 17.6 Å². The Hall–Kier alpha value is -3.09. The Bertz CT molecular complexity index is 888. The van der Waals surface area contributed by atoms with Crippen LogP contribution < -0.4 is 15.4 Å². The number of carbonyl (C=O) groups excluding carboxylic acids is 1. The number of ether oxygens (including phenoxy) is 1. The fourth-order valence-electron chi connectivity index (χ4n) is 3.68. The van der Waals surface area contributed by atoms with Crippen molar-refractivity contribution in [2.45, 2.75) is 26.3 Å². The van der Waals surface area contributed by atoms with Gasteiger partial charge in [-0.1, -0.05) is 36.4 Å². The highest BCUT2D eigenvalue weighted by Crippen LogP contribution is 2.19. The maximum Gasteiger partial charge on any atom is 0.223 e. The van der Waals surface area contributed by atoms with Crippen LogP contribution >= 0.6 is 0 Å². The molecule has 0 radical (unpaired) electrons. The van der Waals surface area contributed by atoms with Gasteiger partial charge in [-0.15, -0.1) is 0 Å². The lowest BCUT2D eigenvalue weighted by molar-refractivity contribution is -0.127. The maximum absolute atomic E-state index is 13.9. The first-order chi connectivity index (χ1) is 15.1. The number of nitrogens with zero attached hydrogens (tertiary/aromatic N) is 2. The SMILES string of the molecule is CCNC(=NCc1ccc(OC)c(F)c1)NCC1CC(=O)N(CCc2ccccc2)C1. The van der Waals surface area contributed by atoms with Gasteiger partial charge in [0.15, 0.2) is 17.5 Å². The van der Waals surface area contributed by atoms with Crippen molar-refractivity contribution in [2.75, 3.05) is 33.3 Å². The van der Waals surface area contributed by atoms with Crippen molar-refractivity contribution in [1.82, 2.24) is 15.5 Å². The Labute approximate surface area is 183 Å². The number of methoxy groups -OCH3 is 1. The van der Waals surface area contributed by atoms with E-state index in [0.29, 0.717) is 25.5 Å². The molecule has 1 aliphatic rings. The molecule has 1 aliphatic heterocycles. The summed E-state index contributed by atoms with van der Waals surface area (Å²) in [5, 5.41) is 6.53. The van der Waals surface area contributed by atoms with Crippen LogP contribution in [0.5, 0.6) is 5.75 Å². The number of benzene rings is 2. The molecule has 0 aromatic heterocycles. The van der Waals surface area contributed by atoms with Crippen LogP contribution in [0.25, 0.3) is 0 Å². The number of hydrogen-bond donors (Lipinski definition) is 2. The molecule has 6 nitrogen and oxygen atoms in total. The molecular weight excluding hydrogens is 395 g/mol. The molecule has 2 aromatic carbocycles. The second-order valence-corrected chi connectivity index (χ2v) is 7.69. The van der Waals surface area contributed by atoms with Gasteiger partial charge in [-0.05, 0) is 36.6 Å². The van der Waals surface area contributed by atoms with E-state index in [0.717, 1.165) is 31.6 Å². The van der Waals surface area contributed by atoms with E-state index in [1.165, 1.54) is 18.7 Å². The van der Waals surface area contributed by atoms with E-state index in [9.17, 15) is 9.18 Å². The molecule has 31 heavy (non-hydrogen) atoms. The molecule has 1 saturated heterocycles. The smallest absolute Gasteiger partial charge is 0.223 e. The molecule has 1 unspecified atom stereocenters. The molecule has 2 aromatic rings. The largest absolute Gasteiger partial charge is 0.494 e. The van der Waals surface area contributed by atoms with Gasteiger partial charge in [0, 0.05) is 38.5 Å². The molecule has 1 amide bonds. The summed E-state index contributed by atoms with van der Waals surface area (Å²) in [6, 6.07) is 15.1. The minimum absolute atomic E-state index is 0.207. The Balaban J connectivity index is 1.49. The van der Waals surface area contributed by atoms with Crippen molar-refractivity contribution >= 4 is 11.9 Å². The second-order valence-electron chi connectivity index (χ2n) is 7.69. The summed E-state index contributed by atoms with van der Waals surface area (Å²) >= 11 is 0. The number of guanidine groups is 1. The topological polar surface area (TPSA) is 66.0 Å². The van der Waals surface area contributed by atoms with Crippen molar-refractivity contribution in [1.29, 1.82) is 0 Å². The highest BCUT2D eigenvalue weighted by atomic mass is 19.1. The highest BCUT2D eigenvalue weighted by molar-refractivity contribution is 5.81. The number of hydrogen-bond acceptors (Lipinski definition) is 3. The number of rotatable bonds is 9. The van der Waals surface area contributed by atoms with Gasteiger partial charge in [0.05, 0.1) is 13.7 Å². The molecule has 0 aliphatic carbocycles. The van der Waals surface area contributed by atoms with Crippen LogP contribution in [0.2, 0.25) is 0 Å². The first kappa shape index (κ1) is 22.6. The molecule has 0 saturated carbocycles. The second kappa shape index (κ2) is 11.3. The summed E-state index contributed by atoms with van der Waals surface area (Å²) in [6.07, 6.45) is 1.42. The Morgan fingerprint density at radius 1 is 1.19 bits per heavy atom. The number of aliphatic imine (C=N–C) groups is 1. The normalized spacial score (nSPS) is 16.5. The number of carbonyl (C=O) groups is 1. The number of likely N-dealkylation sites (tertiary alicyclic amines) is 1. The van der Waals surface area contributed by atoms with Gasteiger partial charge >= 0.3 is 0 Å². The minimum atomic E-state index is -0.395. The van der Waals surface area contributed by atoms with Crippen LogP contribution in [0, 0.1) is 11.7 Å². The highest BCUT2D eigenvalue weighted by Gasteiger charge is 2.29. The van der Waals surface area contributed by atoms with Gasteiger partial charge < -0.3 is 20.3 Å². The first-order valence-electron chi connectivity index (χ1n) is 10.7. The van der Waals surface area contributed by atoms with Crippen molar-refractivity contribution in [2.24, 2.45) is 10.9 Å². The van der Waals surface area contributed by atoms with Crippen LogP contribution in [0.15, 0.2) is 53.5 Å². The molecule has 1 fully saturated rings. The predicted octanol–water partition coefficient (Wildman–Crippen LogP) is 2.98. The average Bonchev–Trinajstić information content (AvgIpc) is 3.14. The molecule has 1 heterocycles. The van der Waals surface area contributed by atoms with Gasteiger partial charge in [-0.25, -0.2) is 9.38 Å². The predicted molar refractivity (Wildman–Crippen MR) is 121 cm³/mol. The van der Waals surface area contributed by atoms with E-state index in [2.05, 4.69) is 27.8 Å². The van der Waals surface area contributed by atoms with Gasteiger partial charge in [-0.2, -0.15) is 0 Å². The van der Waals surface area contributed by atoms with Gasteiger partial charge in [0.1, 0.15) is 0 Å². The van der Waals surface area contributed by atoms with E-state index in [4.69, 9.17) is 4.74 Å². The molecular formula is C24H31FN4O2. The lowest BCUT2D eigenvalue weighted by Gasteiger charge is -2.18. The molecule has 7 heteroatoms. The zero-order valence-electron chi connectivity index (χ0n) is 18.2. The van der Waals surface area contributed by atoms with Gasteiger partial charge in [0.25, 0.3) is 0 Å². The fraction of sp³-hybridized carbons (Fsp3) is 0.417. The third kappa shape index (κ3) is 6.70. The number of halogens is 1. The summed E-state index contributed by atoms with van der Waals surface area (Å²) < 4.78 is 18.8. The summed E-state index contributed by atoms with van der Waals surface area (Å²) in [6.45, 7) is 5.22. The summed E-state index contributed by atoms with van der Waals surface area (Å²) in [7, 11) is 1.44. The zero-order valence-corrected chi connectivity index (χ0v) is 18.2. The van der Waals surface area contributed by atoms with Crippen LogP contribution in [0.4, 0.5) is 4.39 Å². The van der Waals surface area contributed by atoms with Crippen molar-refractivity contribution in [3.63, 3.8) is 0 Å². The fourth-order valence-corrected chi connectivity index (χ4v) is 3.68. The van der Waals surface area contributed by atoms with Crippen molar-refractivity contribution < 1.29 is 13.9 Å². The van der Waals surface area contributed by atoms with E-state index < -0.39 is 5.82 Å². The van der Waals surface area contributed by atoms with Crippen LogP contribution in [0.1, 0.15) is 24.5 Å². The zero-order chi connectivity index (χ0) is 22.1. The van der Waals surface area contributed by atoms with E-state index in [1.54, 1.807) is 12.1 Å². The molecule has 166 valence electrons. The Morgan fingerprint density at radius 3 is 2.71 bits per heavy atom. The third-order valence-electron chi connectivity index (χ3n) is 5.35. The maximum atomic E-state index is 13.9. The summed E-state index contributed by atoms with van der Waals surface area (Å²) in [4.78, 5) is 18.9. The molecule has 3 rings (SSSR count). The lowest BCUT2D eigenvalue weighted by Crippen LogP contribution is -2.40. The number of amides is 1. The lowest BCUT2D eigenvalue weighted by atomic mass is 10.1.